The minimum absolute atomic E-state index is 0.124. The zero-order valence-electron chi connectivity index (χ0n) is 12.8. The van der Waals surface area contributed by atoms with E-state index >= 15 is 0 Å². The molecule has 0 aliphatic carbocycles. The van der Waals surface area contributed by atoms with Crippen molar-refractivity contribution in [2.24, 2.45) is 5.92 Å². The Hall–Kier alpha value is -2.21. The Morgan fingerprint density at radius 2 is 2.14 bits per heavy atom. The molecular weight excluding hydrogens is 282 g/mol. The molecule has 0 bridgehead atoms. The van der Waals surface area contributed by atoms with Crippen LogP contribution in [0.2, 0.25) is 0 Å². The van der Waals surface area contributed by atoms with Crippen LogP contribution in [0.5, 0.6) is 0 Å². The van der Waals surface area contributed by atoms with Gasteiger partial charge >= 0.3 is 0 Å². The third-order valence-electron chi connectivity index (χ3n) is 3.93. The molecule has 6 nitrogen and oxygen atoms in total. The first kappa shape index (κ1) is 16.2. The lowest BCUT2D eigenvalue weighted by Gasteiger charge is -2.22. The second kappa shape index (κ2) is 7.17. The van der Waals surface area contributed by atoms with Crippen molar-refractivity contribution in [2.45, 2.75) is 32.9 Å². The van der Waals surface area contributed by atoms with E-state index in [9.17, 15) is 14.7 Å². The Labute approximate surface area is 128 Å². The quantitative estimate of drug-likeness (QED) is 0.831. The van der Waals surface area contributed by atoms with E-state index in [0.29, 0.717) is 5.39 Å². The van der Waals surface area contributed by atoms with E-state index in [4.69, 9.17) is 0 Å². The summed E-state index contributed by atoms with van der Waals surface area (Å²) in [7, 11) is 0. The molecule has 2 aromatic rings. The summed E-state index contributed by atoms with van der Waals surface area (Å²) in [6, 6.07) is 6.81. The van der Waals surface area contributed by atoms with Crippen LogP contribution >= 0.6 is 0 Å². The summed E-state index contributed by atoms with van der Waals surface area (Å²) in [6.45, 7) is 3.67. The van der Waals surface area contributed by atoms with Crippen molar-refractivity contribution in [3.05, 3.63) is 40.8 Å². The van der Waals surface area contributed by atoms with Gasteiger partial charge in [0.05, 0.1) is 24.2 Å². The Morgan fingerprint density at radius 1 is 1.41 bits per heavy atom. The summed E-state index contributed by atoms with van der Waals surface area (Å²) < 4.78 is 1.14. The second-order valence-electron chi connectivity index (χ2n) is 5.44. The highest BCUT2D eigenvalue weighted by Crippen LogP contribution is 2.08. The lowest BCUT2D eigenvalue weighted by molar-refractivity contribution is -0.123. The fourth-order valence-corrected chi connectivity index (χ4v) is 2.28. The van der Waals surface area contributed by atoms with Crippen LogP contribution in [0.25, 0.3) is 10.8 Å². The van der Waals surface area contributed by atoms with Crippen LogP contribution < -0.4 is 10.9 Å². The SMILES string of the molecule is CC[C@@H](C)[C@H](CO)NC(=O)Cn1ncc2ccccc2c1=O. The summed E-state index contributed by atoms with van der Waals surface area (Å²) in [5, 5.41) is 17.4. The summed E-state index contributed by atoms with van der Waals surface area (Å²) in [5.41, 5.74) is -0.294. The first-order valence-electron chi connectivity index (χ1n) is 7.42. The number of aliphatic hydroxyl groups excluding tert-OH is 1. The highest BCUT2D eigenvalue weighted by atomic mass is 16.3. The number of aromatic nitrogens is 2. The minimum atomic E-state index is -0.329. The average molecular weight is 303 g/mol. The predicted molar refractivity (Wildman–Crippen MR) is 84.5 cm³/mol. The molecule has 2 rings (SSSR count). The Kier molecular flexibility index (Phi) is 5.27. The molecular formula is C16H21N3O3. The van der Waals surface area contributed by atoms with E-state index < -0.39 is 0 Å². The van der Waals surface area contributed by atoms with Crippen LogP contribution in [0.1, 0.15) is 20.3 Å². The summed E-state index contributed by atoms with van der Waals surface area (Å²) >= 11 is 0. The van der Waals surface area contributed by atoms with Crippen molar-refractivity contribution in [1.29, 1.82) is 0 Å². The molecule has 118 valence electrons. The second-order valence-corrected chi connectivity index (χ2v) is 5.44. The number of aliphatic hydroxyl groups is 1. The van der Waals surface area contributed by atoms with Crippen LogP contribution in [0.15, 0.2) is 35.3 Å². The number of hydrogen-bond donors (Lipinski definition) is 2. The smallest absolute Gasteiger partial charge is 0.275 e. The minimum Gasteiger partial charge on any atom is -0.394 e. The third kappa shape index (κ3) is 3.51. The molecule has 1 heterocycles. The lowest BCUT2D eigenvalue weighted by Crippen LogP contribution is -2.44. The Balaban J connectivity index is 2.15. The van der Waals surface area contributed by atoms with Crippen molar-refractivity contribution >= 4 is 16.7 Å². The van der Waals surface area contributed by atoms with E-state index in [1.165, 1.54) is 0 Å². The van der Waals surface area contributed by atoms with Gasteiger partial charge in [-0.3, -0.25) is 9.59 Å². The highest BCUT2D eigenvalue weighted by Gasteiger charge is 2.18. The molecule has 0 aliphatic rings. The Bertz CT molecular complexity index is 711. The van der Waals surface area contributed by atoms with Crippen LogP contribution in [0.3, 0.4) is 0 Å². The van der Waals surface area contributed by atoms with E-state index in [1.54, 1.807) is 24.4 Å². The molecule has 6 heteroatoms. The van der Waals surface area contributed by atoms with Crippen molar-refractivity contribution in [1.82, 2.24) is 15.1 Å². The Morgan fingerprint density at radius 3 is 2.82 bits per heavy atom. The fraction of sp³-hybridized carbons (Fsp3) is 0.438. The molecule has 0 saturated heterocycles. The molecule has 22 heavy (non-hydrogen) atoms. The van der Waals surface area contributed by atoms with Gasteiger partial charge in [0.25, 0.3) is 5.56 Å². The summed E-state index contributed by atoms with van der Waals surface area (Å²) in [5.74, 6) is -0.167. The van der Waals surface area contributed by atoms with Gasteiger partial charge in [-0.25, -0.2) is 4.68 Å². The maximum atomic E-state index is 12.3. The molecule has 0 aliphatic heterocycles. The van der Waals surface area contributed by atoms with Gasteiger partial charge < -0.3 is 10.4 Å². The normalized spacial score (nSPS) is 13.8. The predicted octanol–water partition coefficient (Wildman–Crippen LogP) is 0.920. The van der Waals surface area contributed by atoms with Crippen LogP contribution in [0.4, 0.5) is 0 Å². The van der Waals surface area contributed by atoms with Gasteiger partial charge in [0, 0.05) is 5.39 Å². The summed E-state index contributed by atoms with van der Waals surface area (Å²) in [6.07, 6.45) is 2.42. The maximum absolute atomic E-state index is 12.3. The van der Waals surface area contributed by atoms with E-state index in [-0.39, 0.29) is 36.6 Å². The van der Waals surface area contributed by atoms with Crippen molar-refractivity contribution in [3.63, 3.8) is 0 Å². The monoisotopic (exact) mass is 303 g/mol. The lowest BCUT2D eigenvalue weighted by atomic mass is 10.00. The van der Waals surface area contributed by atoms with Crippen molar-refractivity contribution < 1.29 is 9.90 Å². The third-order valence-corrected chi connectivity index (χ3v) is 3.93. The standard InChI is InChI=1S/C16H21N3O3/c1-3-11(2)14(10-20)18-15(21)9-19-16(22)13-7-5-4-6-12(13)8-17-19/h4-8,11,14,20H,3,9-10H2,1-2H3,(H,18,21)/t11-,14+/m1/s1. The zero-order chi connectivity index (χ0) is 16.1. The zero-order valence-corrected chi connectivity index (χ0v) is 12.8. The number of rotatable bonds is 6. The number of carbonyl (C=O) groups excluding carboxylic acids is 1. The van der Waals surface area contributed by atoms with Gasteiger partial charge in [-0.2, -0.15) is 5.10 Å². The van der Waals surface area contributed by atoms with Crippen LogP contribution in [-0.4, -0.2) is 33.4 Å². The van der Waals surface area contributed by atoms with Gasteiger partial charge in [-0.1, -0.05) is 38.5 Å². The molecule has 1 aromatic heterocycles. The van der Waals surface area contributed by atoms with E-state index in [1.807, 2.05) is 19.9 Å². The number of carbonyl (C=O) groups is 1. The van der Waals surface area contributed by atoms with Gasteiger partial charge in [-0.15, -0.1) is 0 Å². The van der Waals surface area contributed by atoms with Gasteiger partial charge in [0.2, 0.25) is 5.91 Å². The largest absolute Gasteiger partial charge is 0.394 e. The van der Waals surface area contributed by atoms with Crippen molar-refractivity contribution in [2.75, 3.05) is 6.61 Å². The molecule has 0 radical (unpaired) electrons. The van der Waals surface area contributed by atoms with Crippen molar-refractivity contribution in [3.8, 4) is 0 Å². The number of nitrogens with zero attached hydrogens (tertiary/aromatic N) is 2. The molecule has 2 N–H and O–H groups in total. The highest BCUT2D eigenvalue weighted by molar-refractivity contribution is 5.81. The average Bonchev–Trinajstić information content (AvgIpc) is 2.54. The number of nitrogens with one attached hydrogen (secondary N) is 1. The fourth-order valence-electron chi connectivity index (χ4n) is 2.28. The number of hydrogen-bond acceptors (Lipinski definition) is 4. The van der Waals surface area contributed by atoms with E-state index in [0.717, 1.165) is 16.5 Å². The number of fused-ring (bicyclic) bond motifs is 1. The molecule has 1 aromatic carbocycles. The van der Waals surface area contributed by atoms with E-state index in [2.05, 4.69) is 10.4 Å². The van der Waals surface area contributed by atoms with Gasteiger partial charge in [0.1, 0.15) is 6.54 Å². The molecule has 0 unspecified atom stereocenters. The van der Waals surface area contributed by atoms with Crippen LogP contribution in [-0.2, 0) is 11.3 Å². The molecule has 1 amide bonds. The number of benzene rings is 1. The molecule has 0 spiro atoms. The molecule has 0 saturated carbocycles. The summed E-state index contributed by atoms with van der Waals surface area (Å²) in [4.78, 5) is 24.3. The first-order chi connectivity index (χ1) is 10.6. The topological polar surface area (TPSA) is 84.2 Å². The first-order valence-corrected chi connectivity index (χ1v) is 7.42. The number of amides is 1. The maximum Gasteiger partial charge on any atom is 0.275 e. The van der Waals surface area contributed by atoms with Gasteiger partial charge in [0.15, 0.2) is 0 Å². The molecule has 0 fully saturated rings. The molecule has 2 atom stereocenters. The van der Waals surface area contributed by atoms with Crippen LogP contribution in [0, 0.1) is 5.92 Å². The van der Waals surface area contributed by atoms with Gasteiger partial charge in [-0.05, 0) is 12.0 Å².